The molecule has 0 aliphatic heterocycles. The molecule has 0 saturated carbocycles. The van der Waals surface area contributed by atoms with Crippen LogP contribution in [0.25, 0.3) is 0 Å². The SMILES string of the molecule is CCOC(=O)c1cccc(NC(=O)COc2cc(C)c(Br)c(C)c2)c1. The summed E-state index contributed by atoms with van der Waals surface area (Å²) in [5.41, 5.74) is 2.98. The molecule has 0 unspecified atom stereocenters. The summed E-state index contributed by atoms with van der Waals surface area (Å²) in [7, 11) is 0. The number of halogens is 1. The Morgan fingerprint density at radius 1 is 1.12 bits per heavy atom. The van der Waals surface area contributed by atoms with Gasteiger partial charge in [-0.05, 0) is 62.2 Å². The average molecular weight is 406 g/mol. The van der Waals surface area contributed by atoms with Crippen molar-refractivity contribution in [2.75, 3.05) is 18.5 Å². The molecule has 0 saturated heterocycles. The summed E-state index contributed by atoms with van der Waals surface area (Å²) in [5, 5.41) is 2.71. The molecule has 0 bridgehead atoms. The Labute approximate surface area is 155 Å². The summed E-state index contributed by atoms with van der Waals surface area (Å²) in [6.45, 7) is 5.85. The molecule has 0 spiro atoms. The highest BCUT2D eigenvalue weighted by molar-refractivity contribution is 9.10. The third-order valence-corrected chi connectivity index (χ3v) is 4.69. The van der Waals surface area contributed by atoms with Gasteiger partial charge in [0.1, 0.15) is 5.75 Å². The fraction of sp³-hybridized carbons (Fsp3) is 0.263. The van der Waals surface area contributed by atoms with Gasteiger partial charge in [-0.15, -0.1) is 0 Å². The molecule has 5 nitrogen and oxygen atoms in total. The van der Waals surface area contributed by atoms with Gasteiger partial charge in [0.2, 0.25) is 0 Å². The molecule has 2 rings (SSSR count). The van der Waals surface area contributed by atoms with E-state index in [0.717, 1.165) is 15.6 Å². The van der Waals surface area contributed by atoms with Crippen molar-refractivity contribution in [3.63, 3.8) is 0 Å². The molecule has 0 aromatic heterocycles. The minimum Gasteiger partial charge on any atom is -0.484 e. The Morgan fingerprint density at radius 2 is 1.80 bits per heavy atom. The van der Waals surface area contributed by atoms with Gasteiger partial charge in [-0.1, -0.05) is 22.0 Å². The fourth-order valence-electron chi connectivity index (χ4n) is 2.27. The van der Waals surface area contributed by atoms with Crippen molar-refractivity contribution >= 4 is 33.5 Å². The van der Waals surface area contributed by atoms with Crippen LogP contribution in [-0.4, -0.2) is 25.1 Å². The normalized spacial score (nSPS) is 10.2. The van der Waals surface area contributed by atoms with Crippen LogP contribution in [-0.2, 0) is 9.53 Å². The zero-order valence-electron chi connectivity index (χ0n) is 14.4. The molecule has 0 atom stereocenters. The van der Waals surface area contributed by atoms with Crippen LogP contribution in [0, 0.1) is 13.8 Å². The first-order valence-electron chi connectivity index (χ1n) is 7.87. The van der Waals surface area contributed by atoms with E-state index in [0.29, 0.717) is 23.6 Å². The van der Waals surface area contributed by atoms with Crippen LogP contribution in [0.2, 0.25) is 0 Å². The summed E-state index contributed by atoms with van der Waals surface area (Å²) in [4.78, 5) is 23.8. The van der Waals surface area contributed by atoms with Crippen LogP contribution in [0.15, 0.2) is 40.9 Å². The first kappa shape index (κ1) is 19.0. The topological polar surface area (TPSA) is 64.6 Å². The summed E-state index contributed by atoms with van der Waals surface area (Å²) >= 11 is 3.49. The van der Waals surface area contributed by atoms with E-state index < -0.39 is 5.97 Å². The van der Waals surface area contributed by atoms with Crippen LogP contribution in [0.3, 0.4) is 0 Å². The zero-order valence-corrected chi connectivity index (χ0v) is 16.0. The first-order valence-corrected chi connectivity index (χ1v) is 8.66. The van der Waals surface area contributed by atoms with E-state index in [-0.39, 0.29) is 12.5 Å². The number of aryl methyl sites for hydroxylation is 2. The van der Waals surface area contributed by atoms with Gasteiger partial charge in [-0.25, -0.2) is 4.79 Å². The van der Waals surface area contributed by atoms with Gasteiger partial charge in [-0.3, -0.25) is 4.79 Å². The van der Waals surface area contributed by atoms with Gasteiger partial charge < -0.3 is 14.8 Å². The van der Waals surface area contributed by atoms with Crippen molar-refractivity contribution in [3.05, 3.63) is 57.6 Å². The number of carbonyl (C=O) groups excluding carboxylic acids is 2. The maximum Gasteiger partial charge on any atom is 0.338 e. The Balaban J connectivity index is 1.96. The number of hydrogen-bond acceptors (Lipinski definition) is 4. The Bertz CT molecular complexity index is 766. The molecule has 2 aromatic carbocycles. The van der Waals surface area contributed by atoms with E-state index in [1.807, 2.05) is 26.0 Å². The van der Waals surface area contributed by atoms with Crippen molar-refractivity contribution in [2.24, 2.45) is 0 Å². The highest BCUT2D eigenvalue weighted by Crippen LogP contribution is 2.26. The summed E-state index contributed by atoms with van der Waals surface area (Å²) in [6.07, 6.45) is 0. The van der Waals surface area contributed by atoms with Gasteiger partial charge in [0.05, 0.1) is 12.2 Å². The number of anilines is 1. The number of amides is 1. The van der Waals surface area contributed by atoms with Gasteiger partial charge in [0, 0.05) is 10.2 Å². The van der Waals surface area contributed by atoms with Gasteiger partial charge >= 0.3 is 5.97 Å². The number of benzene rings is 2. The van der Waals surface area contributed by atoms with Crippen molar-refractivity contribution in [3.8, 4) is 5.75 Å². The van der Waals surface area contributed by atoms with E-state index in [1.165, 1.54) is 0 Å². The smallest absolute Gasteiger partial charge is 0.338 e. The quantitative estimate of drug-likeness (QED) is 0.729. The van der Waals surface area contributed by atoms with Crippen LogP contribution >= 0.6 is 15.9 Å². The summed E-state index contributed by atoms with van der Waals surface area (Å²) < 4.78 is 11.5. The molecule has 6 heteroatoms. The first-order chi connectivity index (χ1) is 11.9. The molecule has 0 heterocycles. The van der Waals surface area contributed by atoms with Crippen molar-refractivity contribution in [2.45, 2.75) is 20.8 Å². The molecular formula is C19H20BrNO4. The second-order valence-electron chi connectivity index (χ2n) is 5.51. The molecule has 0 radical (unpaired) electrons. The van der Waals surface area contributed by atoms with E-state index in [2.05, 4.69) is 21.2 Å². The number of nitrogens with one attached hydrogen (secondary N) is 1. The second-order valence-corrected chi connectivity index (χ2v) is 6.30. The van der Waals surface area contributed by atoms with Crippen LogP contribution in [0.4, 0.5) is 5.69 Å². The highest BCUT2D eigenvalue weighted by Gasteiger charge is 2.10. The van der Waals surface area contributed by atoms with Crippen LogP contribution in [0.1, 0.15) is 28.4 Å². The third kappa shape index (κ3) is 5.32. The second kappa shape index (κ2) is 8.67. The average Bonchev–Trinajstić information content (AvgIpc) is 2.58. The lowest BCUT2D eigenvalue weighted by atomic mass is 10.1. The van der Waals surface area contributed by atoms with Crippen molar-refractivity contribution in [1.82, 2.24) is 0 Å². The fourth-order valence-corrected chi connectivity index (χ4v) is 2.50. The lowest BCUT2D eigenvalue weighted by Gasteiger charge is -2.11. The lowest BCUT2D eigenvalue weighted by molar-refractivity contribution is -0.118. The molecule has 0 fully saturated rings. The third-order valence-electron chi connectivity index (χ3n) is 3.44. The molecule has 1 N–H and O–H groups in total. The van der Waals surface area contributed by atoms with E-state index in [4.69, 9.17) is 9.47 Å². The number of esters is 1. The molecular weight excluding hydrogens is 386 g/mol. The molecule has 0 aliphatic rings. The van der Waals surface area contributed by atoms with Crippen molar-refractivity contribution < 1.29 is 19.1 Å². The molecule has 132 valence electrons. The monoisotopic (exact) mass is 405 g/mol. The summed E-state index contributed by atoms with van der Waals surface area (Å²) in [5.74, 6) is -0.0940. The number of carbonyl (C=O) groups is 2. The van der Waals surface area contributed by atoms with E-state index in [9.17, 15) is 9.59 Å². The van der Waals surface area contributed by atoms with Crippen molar-refractivity contribution in [1.29, 1.82) is 0 Å². The van der Waals surface area contributed by atoms with E-state index >= 15 is 0 Å². The predicted molar refractivity (Wildman–Crippen MR) is 100 cm³/mol. The van der Waals surface area contributed by atoms with Gasteiger partial charge in [0.25, 0.3) is 5.91 Å². The Morgan fingerprint density at radius 3 is 2.44 bits per heavy atom. The van der Waals surface area contributed by atoms with Crippen LogP contribution in [0.5, 0.6) is 5.75 Å². The highest BCUT2D eigenvalue weighted by atomic mass is 79.9. The maximum absolute atomic E-state index is 12.1. The zero-order chi connectivity index (χ0) is 18.4. The van der Waals surface area contributed by atoms with Gasteiger partial charge in [0.15, 0.2) is 6.61 Å². The largest absolute Gasteiger partial charge is 0.484 e. The summed E-state index contributed by atoms with van der Waals surface area (Å²) in [6, 6.07) is 10.3. The predicted octanol–water partition coefficient (Wildman–Crippen LogP) is 4.26. The number of hydrogen-bond donors (Lipinski definition) is 1. The lowest BCUT2D eigenvalue weighted by Crippen LogP contribution is -2.20. The Hall–Kier alpha value is -2.34. The van der Waals surface area contributed by atoms with Crippen LogP contribution < -0.4 is 10.1 Å². The molecule has 0 aliphatic carbocycles. The maximum atomic E-state index is 12.1. The minimum absolute atomic E-state index is 0.121. The van der Waals surface area contributed by atoms with E-state index in [1.54, 1.807) is 31.2 Å². The Kier molecular flexibility index (Phi) is 6.58. The minimum atomic E-state index is -0.421. The number of ether oxygens (including phenoxy) is 2. The molecule has 1 amide bonds. The molecule has 25 heavy (non-hydrogen) atoms. The standard InChI is InChI=1S/C19H20BrNO4/c1-4-24-19(23)14-6-5-7-15(10-14)21-17(22)11-25-16-8-12(2)18(20)13(3)9-16/h5-10H,4,11H2,1-3H3,(H,21,22). The molecule has 2 aromatic rings. The number of rotatable bonds is 6. The van der Waals surface area contributed by atoms with Gasteiger partial charge in [-0.2, -0.15) is 0 Å².